The molecule has 6 heteroatoms. The zero-order valence-electron chi connectivity index (χ0n) is 10.5. The lowest BCUT2D eigenvalue weighted by molar-refractivity contribution is -0.148. The molecule has 2 amide bonds. The number of likely N-dealkylation sites (N-methyl/N-ethyl adjacent to an activating group) is 1. The second kappa shape index (κ2) is 5.44. The Kier molecular flexibility index (Phi) is 3.90. The van der Waals surface area contributed by atoms with Gasteiger partial charge in [-0.15, -0.1) is 0 Å². The van der Waals surface area contributed by atoms with Crippen LogP contribution in [-0.2, 0) is 16.1 Å². The largest absolute Gasteiger partial charge is 0.302 e. The summed E-state index contributed by atoms with van der Waals surface area (Å²) in [6.07, 6.45) is 0.643. The van der Waals surface area contributed by atoms with Gasteiger partial charge < -0.3 is 5.32 Å². The summed E-state index contributed by atoms with van der Waals surface area (Å²) in [5, 5.41) is 2.86. The highest BCUT2D eigenvalue weighted by molar-refractivity contribution is 6.00. The minimum atomic E-state index is -0.537. The molecular weight excluding hydrogens is 254 g/mol. The molecule has 1 fully saturated rings. The summed E-state index contributed by atoms with van der Waals surface area (Å²) in [6.45, 7) is 0.0437. The third-order valence-corrected chi connectivity index (χ3v) is 3.20. The number of piperidine rings is 1. The van der Waals surface area contributed by atoms with Gasteiger partial charge in [-0.05, 0) is 24.6 Å². The van der Waals surface area contributed by atoms with Gasteiger partial charge in [-0.2, -0.15) is 0 Å². The van der Waals surface area contributed by atoms with E-state index in [1.807, 2.05) is 0 Å². The monoisotopic (exact) mass is 268 g/mol. The van der Waals surface area contributed by atoms with Crippen LogP contribution in [0.1, 0.15) is 18.4 Å². The molecular formula is C13H14F2N2O2. The fourth-order valence-electron chi connectivity index (χ4n) is 2.02. The van der Waals surface area contributed by atoms with Crippen LogP contribution in [0.15, 0.2) is 18.2 Å². The number of imide groups is 1. The topological polar surface area (TPSA) is 49.4 Å². The van der Waals surface area contributed by atoms with E-state index in [0.29, 0.717) is 6.42 Å². The van der Waals surface area contributed by atoms with E-state index in [1.165, 1.54) is 7.05 Å². The predicted octanol–water partition coefficient (Wildman–Crippen LogP) is 1.20. The maximum absolute atomic E-state index is 13.4. The van der Waals surface area contributed by atoms with Gasteiger partial charge in [0, 0.05) is 25.6 Å². The molecule has 1 aliphatic rings. The Balaban J connectivity index is 2.01. The van der Waals surface area contributed by atoms with Crippen molar-refractivity contribution in [2.75, 3.05) is 7.05 Å². The van der Waals surface area contributed by atoms with E-state index >= 15 is 0 Å². The third kappa shape index (κ3) is 2.96. The molecule has 1 heterocycles. The number of carbonyl (C=O) groups excluding carboxylic acids is 2. The normalized spacial score (nSPS) is 19.9. The molecule has 0 aromatic heterocycles. The number of amides is 2. The number of carbonyl (C=O) groups is 2. The van der Waals surface area contributed by atoms with E-state index < -0.39 is 17.7 Å². The van der Waals surface area contributed by atoms with Gasteiger partial charge in [-0.25, -0.2) is 8.78 Å². The van der Waals surface area contributed by atoms with Gasteiger partial charge in [0.15, 0.2) is 0 Å². The molecule has 0 aliphatic carbocycles. The van der Waals surface area contributed by atoms with Crippen molar-refractivity contribution < 1.29 is 18.4 Å². The number of hydrogen-bond donors (Lipinski definition) is 1. The van der Waals surface area contributed by atoms with Crippen LogP contribution in [0.25, 0.3) is 0 Å². The van der Waals surface area contributed by atoms with E-state index in [2.05, 4.69) is 5.32 Å². The standard InChI is InChI=1S/C13H14F2N2O2/c1-17-12(18)5-4-11(13(17)19)16-7-8-6-9(14)2-3-10(8)15/h2-3,6,11,16H,4-5,7H2,1H3. The van der Waals surface area contributed by atoms with E-state index in [1.54, 1.807) is 0 Å². The van der Waals surface area contributed by atoms with Crippen molar-refractivity contribution in [3.8, 4) is 0 Å². The zero-order chi connectivity index (χ0) is 14.0. The fourth-order valence-corrected chi connectivity index (χ4v) is 2.02. The third-order valence-electron chi connectivity index (χ3n) is 3.20. The van der Waals surface area contributed by atoms with Crippen LogP contribution in [0.4, 0.5) is 8.78 Å². The van der Waals surface area contributed by atoms with Crippen molar-refractivity contribution in [3.05, 3.63) is 35.4 Å². The SMILES string of the molecule is CN1C(=O)CCC(NCc2cc(F)ccc2F)C1=O. The van der Waals surface area contributed by atoms with Gasteiger partial charge >= 0.3 is 0 Å². The Morgan fingerprint density at radius 3 is 2.84 bits per heavy atom. The summed E-state index contributed by atoms with van der Waals surface area (Å²) in [5.41, 5.74) is 0.160. The summed E-state index contributed by atoms with van der Waals surface area (Å²) < 4.78 is 26.4. The highest BCUT2D eigenvalue weighted by atomic mass is 19.1. The minimum Gasteiger partial charge on any atom is -0.302 e. The molecule has 1 aromatic rings. The summed E-state index contributed by atoms with van der Waals surface area (Å²) >= 11 is 0. The average Bonchev–Trinajstić information content (AvgIpc) is 2.39. The van der Waals surface area contributed by atoms with E-state index in [0.717, 1.165) is 23.1 Å². The Morgan fingerprint density at radius 2 is 2.11 bits per heavy atom. The summed E-state index contributed by atoms with van der Waals surface area (Å²) in [5.74, 6) is -1.62. The summed E-state index contributed by atoms with van der Waals surface area (Å²) in [6, 6.07) is 2.64. The summed E-state index contributed by atoms with van der Waals surface area (Å²) in [4.78, 5) is 24.1. The molecule has 1 N–H and O–H groups in total. The van der Waals surface area contributed by atoms with E-state index in [9.17, 15) is 18.4 Å². The Bertz CT molecular complexity index is 519. The second-order valence-corrected chi connectivity index (χ2v) is 4.50. The predicted molar refractivity (Wildman–Crippen MR) is 64.0 cm³/mol. The van der Waals surface area contributed by atoms with Gasteiger partial charge in [0.2, 0.25) is 11.8 Å². The van der Waals surface area contributed by atoms with Crippen LogP contribution in [0.3, 0.4) is 0 Å². The fraction of sp³-hybridized carbons (Fsp3) is 0.385. The maximum Gasteiger partial charge on any atom is 0.246 e. The smallest absolute Gasteiger partial charge is 0.246 e. The molecule has 4 nitrogen and oxygen atoms in total. The molecule has 1 aromatic carbocycles. The van der Waals surface area contributed by atoms with Crippen molar-refractivity contribution in [1.29, 1.82) is 0 Å². The number of likely N-dealkylation sites (tertiary alicyclic amines) is 1. The van der Waals surface area contributed by atoms with E-state index in [-0.39, 0.29) is 30.3 Å². The first kappa shape index (κ1) is 13.6. The van der Waals surface area contributed by atoms with Gasteiger partial charge in [0.25, 0.3) is 0 Å². The number of hydrogen-bond acceptors (Lipinski definition) is 3. The van der Waals surface area contributed by atoms with Crippen LogP contribution in [0.2, 0.25) is 0 Å². The van der Waals surface area contributed by atoms with Gasteiger partial charge in [0.05, 0.1) is 6.04 Å². The van der Waals surface area contributed by atoms with Crippen LogP contribution >= 0.6 is 0 Å². The molecule has 102 valence electrons. The average molecular weight is 268 g/mol. The Morgan fingerprint density at radius 1 is 1.37 bits per heavy atom. The molecule has 1 aliphatic heterocycles. The molecule has 0 bridgehead atoms. The Hall–Kier alpha value is -1.82. The number of halogens is 2. The first-order chi connectivity index (χ1) is 8.99. The molecule has 1 unspecified atom stereocenters. The maximum atomic E-state index is 13.4. The number of benzene rings is 1. The van der Waals surface area contributed by atoms with Gasteiger partial charge in [-0.3, -0.25) is 14.5 Å². The minimum absolute atomic E-state index is 0.0437. The first-order valence-corrected chi connectivity index (χ1v) is 5.96. The van der Waals surface area contributed by atoms with Crippen LogP contribution in [0.5, 0.6) is 0 Å². The number of nitrogens with one attached hydrogen (secondary N) is 1. The Labute approximate surface area is 109 Å². The van der Waals surface area contributed by atoms with Gasteiger partial charge in [-0.1, -0.05) is 0 Å². The highest BCUT2D eigenvalue weighted by Crippen LogP contribution is 2.14. The van der Waals surface area contributed by atoms with Crippen molar-refractivity contribution in [2.45, 2.75) is 25.4 Å². The molecule has 1 atom stereocenters. The second-order valence-electron chi connectivity index (χ2n) is 4.50. The summed E-state index contributed by atoms with van der Waals surface area (Å²) in [7, 11) is 1.42. The quantitative estimate of drug-likeness (QED) is 0.838. The molecule has 1 saturated heterocycles. The van der Waals surface area contributed by atoms with E-state index in [4.69, 9.17) is 0 Å². The lowest BCUT2D eigenvalue weighted by Crippen LogP contribution is -2.51. The van der Waals surface area contributed by atoms with Crippen LogP contribution < -0.4 is 5.32 Å². The molecule has 0 saturated carbocycles. The number of rotatable bonds is 3. The van der Waals surface area contributed by atoms with Crippen LogP contribution in [0, 0.1) is 11.6 Å². The lowest BCUT2D eigenvalue weighted by Gasteiger charge is -2.28. The molecule has 0 radical (unpaired) electrons. The van der Waals surface area contributed by atoms with Gasteiger partial charge in [0.1, 0.15) is 11.6 Å². The lowest BCUT2D eigenvalue weighted by atomic mass is 10.0. The molecule has 0 spiro atoms. The van der Waals surface area contributed by atoms with Crippen molar-refractivity contribution in [3.63, 3.8) is 0 Å². The van der Waals surface area contributed by atoms with Crippen molar-refractivity contribution in [2.24, 2.45) is 0 Å². The van der Waals surface area contributed by atoms with Crippen molar-refractivity contribution in [1.82, 2.24) is 10.2 Å². The molecule has 19 heavy (non-hydrogen) atoms. The van der Waals surface area contributed by atoms with Crippen LogP contribution in [-0.4, -0.2) is 29.8 Å². The highest BCUT2D eigenvalue weighted by Gasteiger charge is 2.31. The molecule has 2 rings (SSSR count). The number of nitrogens with zero attached hydrogens (tertiary/aromatic N) is 1. The van der Waals surface area contributed by atoms with Crippen molar-refractivity contribution >= 4 is 11.8 Å². The zero-order valence-corrected chi connectivity index (χ0v) is 10.5. The first-order valence-electron chi connectivity index (χ1n) is 5.96.